The van der Waals surface area contributed by atoms with Gasteiger partial charge in [0.1, 0.15) is 11.6 Å². The lowest BCUT2D eigenvalue weighted by Crippen LogP contribution is -2.42. The minimum Gasteiger partial charge on any atom is -0.295 e. The van der Waals surface area contributed by atoms with Gasteiger partial charge in [-0.2, -0.15) is 0 Å². The third kappa shape index (κ3) is 3.38. The van der Waals surface area contributed by atoms with Gasteiger partial charge in [0.25, 0.3) is 0 Å². The summed E-state index contributed by atoms with van der Waals surface area (Å²) in [6, 6.07) is 3.51. The van der Waals surface area contributed by atoms with E-state index in [9.17, 15) is 13.6 Å². The van der Waals surface area contributed by atoms with E-state index in [2.05, 4.69) is 13.8 Å². The highest BCUT2D eigenvalue weighted by atomic mass is 19.1. The van der Waals surface area contributed by atoms with Gasteiger partial charge in [-0.25, -0.2) is 8.78 Å². The number of likely N-dealkylation sites (tertiary alicyclic amines) is 1. The molecule has 0 spiro atoms. The SMILES string of the molecule is CC1(C)CCCN(CC(=O)c2c(F)cccc2F)C1. The maximum Gasteiger partial charge on any atom is 0.182 e. The molecule has 2 rings (SSSR count). The molecule has 1 aliphatic rings. The van der Waals surface area contributed by atoms with Crippen LogP contribution < -0.4 is 0 Å². The number of rotatable bonds is 3. The van der Waals surface area contributed by atoms with Crippen LogP contribution in [0, 0.1) is 17.0 Å². The number of Topliss-reactive ketones (excluding diaryl/α,β-unsaturated/α-hetero) is 1. The Balaban J connectivity index is 2.09. The average Bonchev–Trinajstić information content (AvgIpc) is 2.27. The summed E-state index contributed by atoms with van der Waals surface area (Å²) in [5.74, 6) is -2.03. The number of ketones is 1. The zero-order chi connectivity index (χ0) is 14.0. The highest BCUT2D eigenvalue weighted by Gasteiger charge is 2.28. The molecule has 0 N–H and O–H groups in total. The molecule has 1 aliphatic heterocycles. The van der Waals surface area contributed by atoms with Crippen molar-refractivity contribution < 1.29 is 13.6 Å². The van der Waals surface area contributed by atoms with Crippen molar-refractivity contribution in [3.8, 4) is 0 Å². The van der Waals surface area contributed by atoms with Gasteiger partial charge in [-0.1, -0.05) is 19.9 Å². The van der Waals surface area contributed by atoms with Crippen molar-refractivity contribution in [1.82, 2.24) is 4.90 Å². The molecule has 0 unspecified atom stereocenters. The highest BCUT2D eigenvalue weighted by molar-refractivity contribution is 5.98. The van der Waals surface area contributed by atoms with Crippen LogP contribution in [0.5, 0.6) is 0 Å². The van der Waals surface area contributed by atoms with Crippen LogP contribution in [-0.4, -0.2) is 30.3 Å². The maximum absolute atomic E-state index is 13.5. The van der Waals surface area contributed by atoms with E-state index in [0.29, 0.717) is 0 Å². The molecule has 19 heavy (non-hydrogen) atoms. The van der Waals surface area contributed by atoms with Gasteiger partial charge in [-0.3, -0.25) is 9.69 Å². The van der Waals surface area contributed by atoms with Crippen molar-refractivity contribution in [3.05, 3.63) is 35.4 Å². The first-order valence-corrected chi connectivity index (χ1v) is 6.59. The van der Waals surface area contributed by atoms with E-state index in [1.165, 1.54) is 6.07 Å². The van der Waals surface area contributed by atoms with Gasteiger partial charge >= 0.3 is 0 Å². The number of carbonyl (C=O) groups excluding carboxylic acids is 1. The number of hydrogen-bond donors (Lipinski definition) is 0. The van der Waals surface area contributed by atoms with Crippen molar-refractivity contribution in [2.75, 3.05) is 19.6 Å². The molecule has 0 saturated carbocycles. The molecule has 4 heteroatoms. The van der Waals surface area contributed by atoms with Gasteiger partial charge < -0.3 is 0 Å². The van der Waals surface area contributed by atoms with Gasteiger partial charge in [0.2, 0.25) is 0 Å². The maximum atomic E-state index is 13.5. The molecule has 1 saturated heterocycles. The van der Waals surface area contributed by atoms with Crippen LogP contribution in [0.15, 0.2) is 18.2 Å². The molecule has 1 heterocycles. The van der Waals surface area contributed by atoms with E-state index >= 15 is 0 Å². The molecule has 2 nitrogen and oxygen atoms in total. The number of nitrogens with zero attached hydrogens (tertiary/aromatic N) is 1. The fourth-order valence-electron chi connectivity index (χ4n) is 2.73. The first-order chi connectivity index (χ1) is 8.89. The lowest BCUT2D eigenvalue weighted by molar-refractivity contribution is 0.0802. The lowest BCUT2D eigenvalue weighted by Gasteiger charge is -2.37. The molecule has 1 fully saturated rings. The molecule has 104 valence electrons. The first kappa shape index (κ1) is 14.1. The van der Waals surface area contributed by atoms with Crippen molar-refractivity contribution in [2.24, 2.45) is 5.41 Å². The second-order valence-electron chi connectivity index (χ2n) is 6.00. The zero-order valence-electron chi connectivity index (χ0n) is 11.4. The van der Waals surface area contributed by atoms with Gasteiger partial charge in [0.05, 0.1) is 12.1 Å². The summed E-state index contributed by atoms with van der Waals surface area (Å²) in [7, 11) is 0. The molecule has 0 amide bonds. The third-order valence-electron chi connectivity index (χ3n) is 3.59. The summed E-state index contributed by atoms with van der Waals surface area (Å²) < 4.78 is 27.1. The Bertz CT molecular complexity index is 465. The van der Waals surface area contributed by atoms with Gasteiger partial charge in [-0.05, 0) is 36.9 Å². The molecule has 0 aliphatic carbocycles. The quantitative estimate of drug-likeness (QED) is 0.783. The molecule has 0 atom stereocenters. The van der Waals surface area contributed by atoms with Crippen molar-refractivity contribution in [1.29, 1.82) is 0 Å². The number of halogens is 2. The minimum atomic E-state index is -0.777. The smallest absolute Gasteiger partial charge is 0.182 e. The lowest BCUT2D eigenvalue weighted by atomic mass is 9.84. The summed E-state index contributed by atoms with van der Waals surface area (Å²) in [5.41, 5.74) is -0.252. The largest absolute Gasteiger partial charge is 0.295 e. The van der Waals surface area contributed by atoms with Crippen LogP contribution in [0.3, 0.4) is 0 Å². The van der Waals surface area contributed by atoms with Crippen LogP contribution in [0.4, 0.5) is 8.78 Å². The standard InChI is InChI=1S/C15H19F2NO/c1-15(2)7-4-8-18(10-15)9-13(19)14-11(16)5-3-6-12(14)17/h3,5-6H,4,7-10H2,1-2H3. The van der Waals surface area contributed by atoms with E-state index < -0.39 is 23.0 Å². The van der Waals surface area contributed by atoms with E-state index in [-0.39, 0.29) is 12.0 Å². The number of hydrogen-bond acceptors (Lipinski definition) is 2. The fourth-order valence-corrected chi connectivity index (χ4v) is 2.73. The Morgan fingerprint density at radius 2 is 1.95 bits per heavy atom. The molecule has 0 bridgehead atoms. The highest BCUT2D eigenvalue weighted by Crippen LogP contribution is 2.28. The van der Waals surface area contributed by atoms with Crippen LogP contribution in [0.2, 0.25) is 0 Å². The molecule has 1 aromatic carbocycles. The summed E-state index contributed by atoms with van der Waals surface area (Å²) in [6.45, 7) is 5.97. The van der Waals surface area contributed by atoms with Gasteiger partial charge in [0, 0.05) is 6.54 Å². The average molecular weight is 267 g/mol. The monoisotopic (exact) mass is 267 g/mol. The predicted octanol–water partition coefficient (Wildman–Crippen LogP) is 3.27. The first-order valence-electron chi connectivity index (χ1n) is 6.59. The normalized spacial score (nSPS) is 19.4. The summed E-state index contributed by atoms with van der Waals surface area (Å²) in [5, 5.41) is 0. The Morgan fingerprint density at radius 1 is 1.32 bits per heavy atom. The van der Waals surface area contributed by atoms with Crippen molar-refractivity contribution in [3.63, 3.8) is 0 Å². The van der Waals surface area contributed by atoms with E-state index in [1.54, 1.807) is 0 Å². The predicted molar refractivity (Wildman–Crippen MR) is 70.1 cm³/mol. The number of benzene rings is 1. The van der Waals surface area contributed by atoms with E-state index in [0.717, 1.165) is 38.1 Å². The van der Waals surface area contributed by atoms with Crippen molar-refractivity contribution in [2.45, 2.75) is 26.7 Å². The summed E-state index contributed by atoms with van der Waals surface area (Å²) in [6.07, 6.45) is 2.13. The molecular formula is C15H19F2NO. The fraction of sp³-hybridized carbons (Fsp3) is 0.533. The van der Waals surface area contributed by atoms with Crippen LogP contribution in [0.1, 0.15) is 37.0 Å². The Morgan fingerprint density at radius 3 is 2.53 bits per heavy atom. The number of carbonyl (C=O) groups is 1. The van der Waals surface area contributed by atoms with Crippen LogP contribution >= 0.6 is 0 Å². The van der Waals surface area contributed by atoms with Crippen molar-refractivity contribution >= 4 is 5.78 Å². The van der Waals surface area contributed by atoms with E-state index in [1.807, 2.05) is 4.90 Å². The Kier molecular flexibility index (Phi) is 3.99. The van der Waals surface area contributed by atoms with Crippen LogP contribution in [-0.2, 0) is 0 Å². The summed E-state index contributed by atoms with van der Waals surface area (Å²) >= 11 is 0. The second kappa shape index (κ2) is 5.37. The molecule has 1 aromatic rings. The topological polar surface area (TPSA) is 20.3 Å². The third-order valence-corrected chi connectivity index (χ3v) is 3.59. The van der Waals surface area contributed by atoms with E-state index in [4.69, 9.17) is 0 Å². The van der Waals surface area contributed by atoms with Crippen LogP contribution in [0.25, 0.3) is 0 Å². The second-order valence-corrected chi connectivity index (χ2v) is 6.00. The Labute approximate surface area is 112 Å². The Hall–Kier alpha value is -1.29. The summed E-state index contributed by atoms with van der Waals surface area (Å²) in [4.78, 5) is 14.0. The molecular weight excluding hydrogens is 248 g/mol. The zero-order valence-corrected chi connectivity index (χ0v) is 11.4. The molecule has 0 aromatic heterocycles. The molecule has 0 radical (unpaired) electrons. The minimum absolute atomic E-state index is 0.0846. The van der Waals surface area contributed by atoms with Gasteiger partial charge in [0.15, 0.2) is 5.78 Å². The number of piperidine rings is 1. The van der Waals surface area contributed by atoms with Gasteiger partial charge in [-0.15, -0.1) is 0 Å².